The first kappa shape index (κ1) is 15.7. The van der Waals surface area contributed by atoms with Crippen LogP contribution in [-0.4, -0.2) is 25.7 Å². The van der Waals surface area contributed by atoms with Gasteiger partial charge in [-0.25, -0.2) is 9.67 Å². The molecule has 0 fully saturated rings. The Kier molecular flexibility index (Phi) is 4.24. The maximum atomic E-state index is 12.3. The molecule has 1 amide bonds. The van der Waals surface area contributed by atoms with E-state index in [9.17, 15) is 9.59 Å². The van der Waals surface area contributed by atoms with Gasteiger partial charge in [0.05, 0.1) is 11.7 Å². The molecule has 0 aliphatic rings. The monoisotopic (exact) mass is 323 g/mol. The maximum absolute atomic E-state index is 12.3. The van der Waals surface area contributed by atoms with Gasteiger partial charge in [-0.05, 0) is 43.7 Å². The predicted molar refractivity (Wildman–Crippen MR) is 89.0 cm³/mol. The maximum Gasteiger partial charge on any atom is 0.260 e. The topological polar surface area (TPSA) is 92.7 Å². The summed E-state index contributed by atoms with van der Waals surface area (Å²) in [7, 11) is 0. The van der Waals surface area contributed by atoms with Gasteiger partial charge in [0.1, 0.15) is 18.2 Å². The van der Waals surface area contributed by atoms with E-state index < -0.39 is 5.91 Å². The molecule has 0 spiro atoms. The van der Waals surface area contributed by atoms with Crippen molar-refractivity contribution < 1.29 is 4.79 Å². The Morgan fingerprint density at radius 2 is 1.96 bits per heavy atom. The molecule has 24 heavy (non-hydrogen) atoms. The number of aromatic amines is 1. The summed E-state index contributed by atoms with van der Waals surface area (Å²) in [5.74, 6) is -0.399. The van der Waals surface area contributed by atoms with Crippen LogP contribution >= 0.6 is 0 Å². The van der Waals surface area contributed by atoms with E-state index in [1.54, 1.807) is 24.0 Å². The van der Waals surface area contributed by atoms with Crippen molar-refractivity contribution in [1.29, 1.82) is 0 Å². The van der Waals surface area contributed by atoms with Crippen LogP contribution in [0.5, 0.6) is 0 Å². The molecule has 7 nitrogen and oxygen atoms in total. The second-order valence-corrected chi connectivity index (χ2v) is 5.51. The van der Waals surface area contributed by atoms with Crippen LogP contribution in [0.15, 0.2) is 53.8 Å². The molecule has 0 unspecified atom stereocenters. The van der Waals surface area contributed by atoms with Crippen LogP contribution in [-0.2, 0) is 0 Å². The number of nitrogens with zero attached hydrogens (tertiary/aromatic N) is 3. The zero-order valence-corrected chi connectivity index (χ0v) is 13.4. The molecule has 1 aromatic carbocycles. The molecule has 2 N–H and O–H groups in total. The molecule has 7 heteroatoms. The lowest BCUT2D eigenvalue weighted by Gasteiger charge is -2.14. The molecule has 122 valence electrons. The van der Waals surface area contributed by atoms with Gasteiger partial charge in [-0.3, -0.25) is 9.59 Å². The van der Waals surface area contributed by atoms with Gasteiger partial charge in [0.25, 0.3) is 11.5 Å². The normalized spacial score (nSPS) is 11.9. The third-order valence-electron chi connectivity index (χ3n) is 3.72. The number of H-pyrrole nitrogens is 1. The van der Waals surface area contributed by atoms with Gasteiger partial charge in [0.15, 0.2) is 0 Å². The SMILES string of the molecule is Cc1ccc(C(=O)N[C@@H](C)c2ccc(-n3cncn3)cc2)c(=O)[nH]1. The van der Waals surface area contributed by atoms with Crippen molar-refractivity contribution in [3.8, 4) is 5.69 Å². The summed E-state index contributed by atoms with van der Waals surface area (Å²) >= 11 is 0. The second-order valence-electron chi connectivity index (χ2n) is 5.51. The number of benzene rings is 1. The summed E-state index contributed by atoms with van der Waals surface area (Å²) in [6.45, 7) is 3.63. The Labute approximate surface area is 138 Å². The number of nitrogens with one attached hydrogen (secondary N) is 2. The van der Waals surface area contributed by atoms with E-state index in [1.165, 1.54) is 12.4 Å². The molecule has 2 aromatic heterocycles. The smallest absolute Gasteiger partial charge is 0.260 e. The zero-order chi connectivity index (χ0) is 17.1. The van der Waals surface area contributed by atoms with Gasteiger partial charge < -0.3 is 10.3 Å². The van der Waals surface area contributed by atoms with Crippen LogP contribution in [0.1, 0.15) is 34.6 Å². The van der Waals surface area contributed by atoms with Crippen molar-refractivity contribution in [2.24, 2.45) is 0 Å². The Balaban J connectivity index is 1.73. The largest absolute Gasteiger partial charge is 0.345 e. The summed E-state index contributed by atoms with van der Waals surface area (Å²) in [6.07, 6.45) is 3.08. The molecular formula is C17H17N5O2. The van der Waals surface area contributed by atoms with Gasteiger partial charge in [-0.2, -0.15) is 5.10 Å². The van der Waals surface area contributed by atoms with Gasteiger partial charge >= 0.3 is 0 Å². The lowest BCUT2D eigenvalue weighted by molar-refractivity contribution is 0.0938. The number of amides is 1. The van der Waals surface area contributed by atoms with Crippen molar-refractivity contribution in [2.75, 3.05) is 0 Å². The molecule has 0 aliphatic heterocycles. The Hall–Kier alpha value is -3.22. The highest BCUT2D eigenvalue weighted by Gasteiger charge is 2.14. The fraction of sp³-hybridized carbons (Fsp3) is 0.176. The highest BCUT2D eigenvalue weighted by molar-refractivity contribution is 5.94. The number of hydrogen-bond acceptors (Lipinski definition) is 4. The standard InChI is InChI=1S/C17H17N5O2/c1-11-3-8-15(16(23)20-11)17(24)21-12(2)13-4-6-14(7-5-13)22-10-18-9-19-22/h3-10,12H,1-2H3,(H,20,23)(H,21,24)/t12-/m0/s1. The van der Waals surface area contributed by atoms with E-state index in [-0.39, 0.29) is 17.2 Å². The van der Waals surface area contributed by atoms with E-state index in [0.717, 1.165) is 11.3 Å². The third kappa shape index (κ3) is 3.24. The molecule has 3 aromatic rings. The lowest BCUT2D eigenvalue weighted by Crippen LogP contribution is -2.31. The molecular weight excluding hydrogens is 306 g/mol. The summed E-state index contributed by atoms with van der Waals surface area (Å²) in [6, 6.07) is 10.6. The zero-order valence-electron chi connectivity index (χ0n) is 13.4. The summed E-state index contributed by atoms with van der Waals surface area (Å²) in [5.41, 5.74) is 2.24. The van der Waals surface area contributed by atoms with E-state index in [2.05, 4.69) is 20.4 Å². The van der Waals surface area contributed by atoms with Crippen molar-refractivity contribution >= 4 is 5.91 Å². The van der Waals surface area contributed by atoms with E-state index in [0.29, 0.717) is 5.69 Å². The minimum absolute atomic E-state index is 0.103. The highest BCUT2D eigenvalue weighted by atomic mass is 16.2. The number of aryl methyl sites for hydroxylation is 1. The molecule has 0 radical (unpaired) electrons. The van der Waals surface area contributed by atoms with Gasteiger partial charge in [0.2, 0.25) is 0 Å². The Morgan fingerprint density at radius 1 is 1.21 bits per heavy atom. The van der Waals surface area contributed by atoms with E-state index in [1.807, 2.05) is 31.2 Å². The van der Waals surface area contributed by atoms with Gasteiger partial charge in [-0.1, -0.05) is 12.1 Å². The highest BCUT2D eigenvalue weighted by Crippen LogP contribution is 2.15. The van der Waals surface area contributed by atoms with E-state index >= 15 is 0 Å². The fourth-order valence-corrected chi connectivity index (χ4v) is 2.37. The van der Waals surface area contributed by atoms with Crippen LogP contribution in [0, 0.1) is 6.92 Å². The first-order valence-electron chi connectivity index (χ1n) is 7.50. The second kappa shape index (κ2) is 6.49. The predicted octanol–water partition coefficient (Wildman–Crippen LogP) is 1.76. The molecule has 3 rings (SSSR count). The number of aromatic nitrogens is 4. The Bertz CT molecular complexity index is 897. The lowest BCUT2D eigenvalue weighted by atomic mass is 10.1. The molecule has 2 heterocycles. The average Bonchev–Trinajstić information content (AvgIpc) is 3.09. The number of pyridine rings is 1. The van der Waals surface area contributed by atoms with Crippen LogP contribution < -0.4 is 10.9 Å². The average molecular weight is 323 g/mol. The van der Waals surface area contributed by atoms with Crippen LogP contribution in [0.3, 0.4) is 0 Å². The number of hydrogen-bond donors (Lipinski definition) is 2. The van der Waals surface area contributed by atoms with E-state index in [4.69, 9.17) is 0 Å². The molecule has 0 saturated carbocycles. The fourth-order valence-electron chi connectivity index (χ4n) is 2.37. The number of carbonyl (C=O) groups excluding carboxylic acids is 1. The Morgan fingerprint density at radius 3 is 2.58 bits per heavy atom. The third-order valence-corrected chi connectivity index (χ3v) is 3.72. The minimum atomic E-state index is -0.399. The first-order valence-corrected chi connectivity index (χ1v) is 7.50. The van der Waals surface area contributed by atoms with Crippen molar-refractivity contribution in [3.05, 3.63) is 76.2 Å². The van der Waals surface area contributed by atoms with Crippen LogP contribution in [0.25, 0.3) is 5.69 Å². The van der Waals surface area contributed by atoms with Crippen LogP contribution in [0.2, 0.25) is 0 Å². The number of rotatable bonds is 4. The molecule has 0 bridgehead atoms. The van der Waals surface area contributed by atoms with Gasteiger partial charge in [0, 0.05) is 5.69 Å². The minimum Gasteiger partial charge on any atom is -0.345 e. The van der Waals surface area contributed by atoms with Gasteiger partial charge in [-0.15, -0.1) is 0 Å². The quantitative estimate of drug-likeness (QED) is 0.765. The molecule has 0 saturated heterocycles. The van der Waals surface area contributed by atoms with Crippen LogP contribution in [0.4, 0.5) is 0 Å². The summed E-state index contributed by atoms with van der Waals surface area (Å²) in [4.78, 5) is 30.6. The first-order chi connectivity index (χ1) is 11.5. The number of carbonyl (C=O) groups is 1. The molecule has 0 aliphatic carbocycles. The summed E-state index contributed by atoms with van der Waals surface area (Å²) < 4.78 is 1.65. The van der Waals surface area contributed by atoms with Crippen molar-refractivity contribution in [3.63, 3.8) is 0 Å². The molecule has 1 atom stereocenters. The van der Waals surface area contributed by atoms with Crippen molar-refractivity contribution in [1.82, 2.24) is 25.1 Å². The van der Waals surface area contributed by atoms with Crippen molar-refractivity contribution in [2.45, 2.75) is 19.9 Å². The summed E-state index contributed by atoms with van der Waals surface area (Å²) in [5, 5.41) is 6.90.